The number of likely N-dealkylation sites (N-methyl/N-ethyl adjacent to an activating group) is 1. The molecule has 1 aromatic carbocycles. The van der Waals surface area contributed by atoms with Crippen LogP contribution in [0.5, 0.6) is 0 Å². The van der Waals surface area contributed by atoms with E-state index < -0.39 is 5.82 Å². The first-order chi connectivity index (χ1) is 16.2. The van der Waals surface area contributed by atoms with Gasteiger partial charge in [0.2, 0.25) is 5.91 Å². The molecule has 1 aromatic heterocycles. The summed E-state index contributed by atoms with van der Waals surface area (Å²) in [5, 5.41) is 6.90. The Balaban J connectivity index is 1.75. The number of aryl methyl sites for hydroxylation is 1. The third kappa shape index (κ3) is 5.29. The highest BCUT2D eigenvalue weighted by atomic mass is 19.1. The molecule has 8 nitrogen and oxygen atoms in total. The first-order valence-corrected chi connectivity index (χ1v) is 11.8. The van der Waals surface area contributed by atoms with Crippen LogP contribution in [-0.4, -0.2) is 63.5 Å². The number of rotatable bonds is 7. The molecule has 184 valence electrons. The molecular weight excluding hydrogens is 437 g/mol. The summed E-state index contributed by atoms with van der Waals surface area (Å²) in [7, 11) is 1.77. The van der Waals surface area contributed by atoms with Crippen LogP contribution in [0.25, 0.3) is 0 Å². The number of hydrogen-bond acceptors (Lipinski definition) is 4. The second kappa shape index (κ2) is 10.8. The number of nitrogens with zero attached hydrogens (tertiary/aromatic N) is 4. The molecule has 34 heavy (non-hydrogen) atoms. The predicted octanol–water partition coefficient (Wildman–Crippen LogP) is 2.86. The van der Waals surface area contributed by atoms with Crippen molar-refractivity contribution in [2.45, 2.75) is 59.7 Å². The number of amides is 3. The zero-order valence-electron chi connectivity index (χ0n) is 20.6. The summed E-state index contributed by atoms with van der Waals surface area (Å²) in [4.78, 5) is 41.0. The Morgan fingerprint density at radius 3 is 2.62 bits per heavy atom. The van der Waals surface area contributed by atoms with E-state index in [1.54, 1.807) is 29.1 Å². The quantitative estimate of drug-likeness (QED) is 0.673. The second-order valence-electron chi connectivity index (χ2n) is 8.89. The van der Waals surface area contributed by atoms with Crippen LogP contribution in [0.15, 0.2) is 24.4 Å². The number of nitrogens with one attached hydrogen (secondary N) is 1. The van der Waals surface area contributed by atoms with Gasteiger partial charge < -0.3 is 15.1 Å². The summed E-state index contributed by atoms with van der Waals surface area (Å²) < 4.78 is 16.3. The molecule has 1 fully saturated rings. The smallest absolute Gasteiger partial charge is 0.257 e. The molecule has 0 radical (unpaired) electrons. The molecule has 0 saturated carbocycles. The van der Waals surface area contributed by atoms with Gasteiger partial charge in [0.1, 0.15) is 5.82 Å². The lowest BCUT2D eigenvalue weighted by Gasteiger charge is -2.41. The molecule has 1 aliphatic heterocycles. The van der Waals surface area contributed by atoms with Crippen LogP contribution in [0.3, 0.4) is 0 Å². The van der Waals surface area contributed by atoms with Crippen molar-refractivity contribution in [2.75, 3.05) is 20.1 Å². The van der Waals surface area contributed by atoms with Gasteiger partial charge in [-0.3, -0.25) is 19.1 Å². The van der Waals surface area contributed by atoms with E-state index >= 15 is 0 Å². The maximum atomic E-state index is 14.5. The van der Waals surface area contributed by atoms with Crippen molar-refractivity contribution in [1.82, 2.24) is 24.9 Å². The number of benzene rings is 1. The highest BCUT2D eigenvalue weighted by Gasteiger charge is 2.35. The van der Waals surface area contributed by atoms with Crippen molar-refractivity contribution in [1.29, 1.82) is 0 Å². The van der Waals surface area contributed by atoms with Gasteiger partial charge in [0.15, 0.2) is 0 Å². The molecule has 0 aliphatic carbocycles. The van der Waals surface area contributed by atoms with Gasteiger partial charge in [-0.05, 0) is 37.8 Å². The maximum Gasteiger partial charge on any atom is 0.257 e. The molecule has 0 spiro atoms. The summed E-state index contributed by atoms with van der Waals surface area (Å²) in [6, 6.07) is 4.16. The Hall–Kier alpha value is -3.23. The van der Waals surface area contributed by atoms with Crippen LogP contribution in [0.1, 0.15) is 66.1 Å². The molecule has 3 rings (SSSR count). The van der Waals surface area contributed by atoms with E-state index in [-0.39, 0.29) is 41.8 Å². The monoisotopic (exact) mass is 471 g/mol. The predicted molar refractivity (Wildman–Crippen MR) is 127 cm³/mol. The topological polar surface area (TPSA) is 87.5 Å². The van der Waals surface area contributed by atoms with Crippen molar-refractivity contribution < 1.29 is 18.8 Å². The van der Waals surface area contributed by atoms with Crippen LogP contribution in [-0.2, 0) is 24.3 Å². The molecular formula is C25H34FN5O3. The van der Waals surface area contributed by atoms with Gasteiger partial charge in [-0.2, -0.15) is 5.10 Å². The Morgan fingerprint density at radius 1 is 1.26 bits per heavy atom. The van der Waals surface area contributed by atoms with E-state index in [2.05, 4.69) is 17.3 Å². The fraction of sp³-hybridized carbons (Fsp3) is 0.520. The molecule has 2 aromatic rings. The van der Waals surface area contributed by atoms with Crippen LogP contribution < -0.4 is 5.32 Å². The Morgan fingerprint density at radius 2 is 2.00 bits per heavy atom. The molecule has 2 heterocycles. The van der Waals surface area contributed by atoms with Crippen LogP contribution >= 0.6 is 0 Å². The van der Waals surface area contributed by atoms with E-state index in [1.807, 2.05) is 18.5 Å². The van der Waals surface area contributed by atoms with Crippen molar-refractivity contribution in [3.8, 4) is 0 Å². The molecule has 1 saturated heterocycles. The van der Waals surface area contributed by atoms with Crippen LogP contribution in [0, 0.1) is 11.7 Å². The van der Waals surface area contributed by atoms with Crippen molar-refractivity contribution in [3.05, 3.63) is 52.6 Å². The first kappa shape index (κ1) is 25.4. The average molecular weight is 472 g/mol. The Labute approximate surface area is 200 Å². The molecule has 1 N–H and O–H groups in total. The SMILES string of the molecule is CCc1c(C(=O)N(C)[C@H]2CN(C(=O)c3ccc(CNC(C)=O)c(F)c3)CC[C@H]2C)cnn1CC. The van der Waals surface area contributed by atoms with Gasteiger partial charge in [-0.15, -0.1) is 0 Å². The van der Waals surface area contributed by atoms with Crippen molar-refractivity contribution in [2.24, 2.45) is 5.92 Å². The summed E-state index contributed by atoms with van der Waals surface area (Å²) >= 11 is 0. The van der Waals surface area contributed by atoms with Gasteiger partial charge in [0.05, 0.1) is 23.5 Å². The fourth-order valence-corrected chi connectivity index (χ4v) is 4.54. The minimum Gasteiger partial charge on any atom is -0.352 e. The highest BCUT2D eigenvalue weighted by molar-refractivity contribution is 5.96. The van der Waals surface area contributed by atoms with Gasteiger partial charge in [0, 0.05) is 51.3 Å². The third-order valence-corrected chi connectivity index (χ3v) is 6.67. The minimum absolute atomic E-state index is 0.0697. The lowest BCUT2D eigenvalue weighted by molar-refractivity contribution is -0.119. The van der Waals surface area contributed by atoms with E-state index in [0.717, 1.165) is 12.1 Å². The normalized spacial score (nSPS) is 18.0. The highest BCUT2D eigenvalue weighted by Crippen LogP contribution is 2.25. The lowest BCUT2D eigenvalue weighted by atomic mass is 9.91. The first-order valence-electron chi connectivity index (χ1n) is 11.8. The number of likely N-dealkylation sites (tertiary alicyclic amines) is 1. The molecule has 0 bridgehead atoms. The number of carbonyl (C=O) groups excluding carboxylic acids is 3. The number of aromatic nitrogens is 2. The molecule has 2 atom stereocenters. The summed E-state index contributed by atoms with van der Waals surface area (Å²) in [5.74, 6) is -0.943. The summed E-state index contributed by atoms with van der Waals surface area (Å²) in [6.45, 7) is 9.13. The minimum atomic E-state index is -0.533. The zero-order valence-corrected chi connectivity index (χ0v) is 20.6. The fourth-order valence-electron chi connectivity index (χ4n) is 4.54. The standard InChI is InChI=1S/C25H34FN5O3/c1-6-22-20(14-28-31(22)7-2)25(34)29(5)23-15-30(11-10-16(23)3)24(33)18-8-9-19(21(26)12-18)13-27-17(4)32/h8-9,12,14,16,23H,6-7,10-11,13,15H2,1-5H3,(H,27,32)/t16-,23+/m1/s1. The number of halogens is 1. The van der Waals surface area contributed by atoms with Gasteiger partial charge in [-0.1, -0.05) is 19.9 Å². The Kier molecular flexibility index (Phi) is 8.06. The summed E-state index contributed by atoms with van der Waals surface area (Å²) in [5.41, 5.74) is 2.08. The zero-order chi connectivity index (χ0) is 25.0. The van der Waals surface area contributed by atoms with Gasteiger partial charge in [0.25, 0.3) is 11.8 Å². The van der Waals surface area contributed by atoms with Gasteiger partial charge in [-0.25, -0.2) is 4.39 Å². The molecule has 1 aliphatic rings. The average Bonchev–Trinajstić information content (AvgIpc) is 3.25. The van der Waals surface area contributed by atoms with E-state index in [0.29, 0.717) is 37.2 Å². The van der Waals surface area contributed by atoms with Crippen molar-refractivity contribution in [3.63, 3.8) is 0 Å². The number of piperidine rings is 1. The lowest BCUT2D eigenvalue weighted by Crippen LogP contribution is -2.54. The Bertz CT molecular complexity index is 1070. The van der Waals surface area contributed by atoms with Crippen molar-refractivity contribution >= 4 is 17.7 Å². The molecule has 0 unspecified atom stereocenters. The number of hydrogen-bond donors (Lipinski definition) is 1. The maximum absolute atomic E-state index is 14.5. The third-order valence-electron chi connectivity index (χ3n) is 6.67. The molecule has 9 heteroatoms. The van der Waals surface area contributed by atoms with E-state index in [4.69, 9.17) is 0 Å². The second-order valence-corrected chi connectivity index (χ2v) is 8.89. The van der Waals surface area contributed by atoms with Gasteiger partial charge >= 0.3 is 0 Å². The largest absolute Gasteiger partial charge is 0.352 e. The van der Waals surface area contributed by atoms with Crippen LogP contribution in [0.2, 0.25) is 0 Å². The summed E-state index contributed by atoms with van der Waals surface area (Å²) in [6.07, 6.45) is 3.08. The van der Waals surface area contributed by atoms with E-state index in [9.17, 15) is 18.8 Å². The van der Waals surface area contributed by atoms with E-state index in [1.165, 1.54) is 19.1 Å². The van der Waals surface area contributed by atoms with Crippen LogP contribution in [0.4, 0.5) is 4.39 Å². The number of carbonyl (C=O) groups is 3. The molecule has 3 amide bonds.